The fraction of sp³-hybridized carbons (Fsp3) is 0.583. The number of aromatic nitrogens is 1. The van der Waals surface area contributed by atoms with E-state index in [1.165, 1.54) is 0 Å². The molecule has 1 aromatic heterocycles. The highest BCUT2D eigenvalue weighted by Gasteiger charge is 2.18. The molecule has 0 aliphatic carbocycles. The lowest BCUT2D eigenvalue weighted by Crippen LogP contribution is -2.20. The van der Waals surface area contributed by atoms with E-state index in [1.54, 1.807) is 7.05 Å². The van der Waals surface area contributed by atoms with Gasteiger partial charge in [0.2, 0.25) is 0 Å². The third kappa shape index (κ3) is 2.41. The summed E-state index contributed by atoms with van der Waals surface area (Å²) in [5.41, 5.74) is 2.93. The molecule has 0 fully saturated rings. The maximum Gasteiger partial charge on any atom is 0.267 e. The smallest absolute Gasteiger partial charge is 0.267 e. The van der Waals surface area contributed by atoms with Crippen molar-refractivity contribution in [1.82, 2.24) is 10.3 Å². The van der Waals surface area contributed by atoms with Gasteiger partial charge in [0.1, 0.15) is 5.69 Å². The number of amides is 1. The second-order valence-corrected chi connectivity index (χ2v) is 3.88. The van der Waals surface area contributed by atoms with E-state index in [0.29, 0.717) is 5.92 Å². The van der Waals surface area contributed by atoms with Gasteiger partial charge in [0.25, 0.3) is 5.91 Å². The maximum atomic E-state index is 11.6. The zero-order valence-corrected chi connectivity index (χ0v) is 9.98. The van der Waals surface area contributed by atoms with Gasteiger partial charge in [-0.25, -0.2) is 0 Å². The van der Waals surface area contributed by atoms with Crippen molar-refractivity contribution in [3.63, 3.8) is 0 Å². The molecule has 0 saturated heterocycles. The van der Waals surface area contributed by atoms with Crippen LogP contribution in [0.2, 0.25) is 0 Å². The third-order valence-corrected chi connectivity index (χ3v) is 2.86. The molecule has 3 nitrogen and oxygen atoms in total. The summed E-state index contributed by atoms with van der Waals surface area (Å²) in [6.07, 6.45) is 2.13. The Balaban J connectivity index is 3.10. The minimum Gasteiger partial charge on any atom is -0.354 e. The van der Waals surface area contributed by atoms with Gasteiger partial charge in [-0.1, -0.05) is 13.8 Å². The quantitative estimate of drug-likeness (QED) is 0.784. The van der Waals surface area contributed by atoms with Crippen LogP contribution in [0, 0.1) is 6.92 Å². The van der Waals surface area contributed by atoms with Crippen LogP contribution < -0.4 is 5.32 Å². The summed E-state index contributed by atoms with van der Waals surface area (Å²) in [4.78, 5) is 14.8. The van der Waals surface area contributed by atoms with Crippen molar-refractivity contribution in [2.45, 2.75) is 39.5 Å². The molecule has 0 atom stereocenters. The van der Waals surface area contributed by atoms with Crippen LogP contribution in [0.1, 0.15) is 54.4 Å². The minimum absolute atomic E-state index is 0.0231. The average molecular weight is 208 g/mol. The van der Waals surface area contributed by atoms with E-state index in [9.17, 15) is 4.79 Å². The lowest BCUT2D eigenvalue weighted by molar-refractivity contribution is 0.0957. The standard InChI is InChI=1S/C12H20N2O/c1-5-9(6-2)10-7-8(3)14-11(10)12(15)13-4/h7,9,14H,5-6H2,1-4H3,(H,13,15). The number of hydrogen-bond acceptors (Lipinski definition) is 1. The molecule has 0 bridgehead atoms. The lowest BCUT2D eigenvalue weighted by atomic mass is 9.93. The molecular weight excluding hydrogens is 188 g/mol. The molecule has 15 heavy (non-hydrogen) atoms. The van der Waals surface area contributed by atoms with Crippen LogP contribution in [-0.4, -0.2) is 17.9 Å². The number of hydrogen-bond donors (Lipinski definition) is 2. The van der Waals surface area contributed by atoms with Crippen LogP contribution >= 0.6 is 0 Å². The predicted molar refractivity (Wildman–Crippen MR) is 62.2 cm³/mol. The fourth-order valence-corrected chi connectivity index (χ4v) is 1.97. The Morgan fingerprint density at radius 2 is 2.07 bits per heavy atom. The second kappa shape index (κ2) is 5.01. The average Bonchev–Trinajstić information content (AvgIpc) is 2.61. The summed E-state index contributed by atoms with van der Waals surface area (Å²) in [5.74, 6) is 0.451. The zero-order chi connectivity index (χ0) is 11.4. The van der Waals surface area contributed by atoms with Gasteiger partial charge in [-0.2, -0.15) is 0 Å². The summed E-state index contributed by atoms with van der Waals surface area (Å²) in [7, 11) is 1.66. The van der Waals surface area contributed by atoms with E-state index < -0.39 is 0 Å². The normalized spacial score (nSPS) is 10.7. The van der Waals surface area contributed by atoms with E-state index >= 15 is 0 Å². The van der Waals surface area contributed by atoms with Gasteiger partial charge in [0, 0.05) is 12.7 Å². The molecule has 0 radical (unpaired) electrons. The molecule has 0 aromatic carbocycles. The zero-order valence-electron chi connectivity index (χ0n) is 9.98. The van der Waals surface area contributed by atoms with E-state index in [1.807, 2.05) is 6.92 Å². The van der Waals surface area contributed by atoms with Crippen LogP contribution in [0.4, 0.5) is 0 Å². The van der Waals surface area contributed by atoms with Crippen molar-refractivity contribution >= 4 is 5.91 Å². The van der Waals surface area contributed by atoms with Crippen molar-refractivity contribution < 1.29 is 4.79 Å². The van der Waals surface area contributed by atoms with Crippen molar-refractivity contribution in [3.8, 4) is 0 Å². The van der Waals surface area contributed by atoms with Crippen molar-refractivity contribution in [1.29, 1.82) is 0 Å². The van der Waals surface area contributed by atoms with Crippen molar-refractivity contribution in [3.05, 3.63) is 23.0 Å². The molecule has 0 spiro atoms. The Bertz CT molecular complexity index is 337. The monoisotopic (exact) mass is 208 g/mol. The predicted octanol–water partition coefficient (Wildman–Crippen LogP) is 2.59. The first kappa shape index (κ1) is 11.8. The highest BCUT2D eigenvalue weighted by atomic mass is 16.1. The van der Waals surface area contributed by atoms with Crippen LogP contribution in [0.25, 0.3) is 0 Å². The number of carbonyl (C=O) groups is 1. The molecule has 3 heteroatoms. The molecule has 1 rings (SSSR count). The third-order valence-electron chi connectivity index (χ3n) is 2.86. The number of rotatable bonds is 4. The molecular formula is C12H20N2O. The van der Waals surface area contributed by atoms with Crippen molar-refractivity contribution in [2.24, 2.45) is 0 Å². The van der Waals surface area contributed by atoms with Crippen LogP contribution in [0.5, 0.6) is 0 Å². The van der Waals surface area contributed by atoms with Gasteiger partial charge >= 0.3 is 0 Å². The molecule has 1 heterocycles. The highest BCUT2D eigenvalue weighted by molar-refractivity contribution is 5.94. The second-order valence-electron chi connectivity index (χ2n) is 3.88. The van der Waals surface area contributed by atoms with Crippen LogP contribution in [0.3, 0.4) is 0 Å². The topological polar surface area (TPSA) is 44.9 Å². The van der Waals surface area contributed by atoms with E-state index in [0.717, 1.165) is 29.8 Å². The number of carbonyl (C=O) groups excluding carboxylic acids is 1. The molecule has 84 valence electrons. The SMILES string of the molecule is CCC(CC)c1cc(C)[nH]c1C(=O)NC. The summed E-state index contributed by atoms with van der Waals surface area (Å²) in [5, 5.41) is 2.67. The van der Waals surface area contributed by atoms with Gasteiger partial charge < -0.3 is 10.3 Å². The Labute approximate surface area is 91.3 Å². The number of nitrogens with one attached hydrogen (secondary N) is 2. The molecule has 0 aliphatic rings. The maximum absolute atomic E-state index is 11.6. The number of H-pyrrole nitrogens is 1. The highest BCUT2D eigenvalue weighted by Crippen LogP contribution is 2.26. The van der Waals surface area contributed by atoms with E-state index in [4.69, 9.17) is 0 Å². The van der Waals surface area contributed by atoms with Crippen LogP contribution in [0.15, 0.2) is 6.07 Å². The Morgan fingerprint density at radius 3 is 2.53 bits per heavy atom. The molecule has 2 N–H and O–H groups in total. The Hall–Kier alpha value is -1.25. The molecule has 0 aliphatic heterocycles. The van der Waals surface area contributed by atoms with Crippen LogP contribution in [-0.2, 0) is 0 Å². The summed E-state index contributed by atoms with van der Waals surface area (Å²) in [6, 6.07) is 2.09. The minimum atomic E-state index is -0.0231. The lowest BCUT2D eigenvalue weighted by Gasteiger charge is -2.12. The van der Waals surface area contributed by atoms with Gasteiger partial charge in [0.15, 0.2) is 0 Å². The number of aryl methyl sites for hydroxylation is 1. The van der Waals surface area contributed by atoms with Gasteiger partial charge in [-0.3, -0.25) is 4.79 Å². The first-order chi connectivity index (χ1) is 7.13. The Kier molecular flexibility index (Phi) is 3.95. The summed E-state index contributed by atoms with van der Waals surface area (Å²) >= 11 is 0. The molecule has 1 amide bonds. The van der Waals surface area contributed by atoms with Crippen molar-refractivity contribution in [2.75, 3.05) is 7.05 Å². The summed E-state index contributed by atoms with van der Waals surface area (Å²) in [6.45, 7) is 6.30. The molecule has 0 saturated carbocycles. The van der Waals surface area contributed by atoms with E-state index in [2.05, 4.69) is 30.2 Å². The molecule has 0 unspecified atom stereocenters. The first-order valence-corrected chi connectivity index (χ1v) is 5.55. The number of aromatic amines is 1. The fourth-order valence-electron chi connectivity index (χ4n) is 1.97. The summed E-state index contributed by atoms with van der Waals surface area (Å²) < 4.78 is 0. The molecule has 1 aromatic rings. The first-order valence-electron chi connectivity index (χ1n) is 5.55. The largest absolute Gasteiger partial charge is 0.354 e. The van der Waals surface area contributed by atoms with Gasteiger partial charge in [-0.15, -0.1) is 0 Å². The Morgan fingerprint density at radius 1 is 1.47 bits per heavy atom. The van der Waals surface area contributed by atoms with Gasteiger partial charge in [0.05, 0.1) is 0 Å². The van der Waals surface area contributed by atoms with E-state index in [-0.39, 0.29) is 5.91 Å². The van der Waals surface area contributed by atoms with Gasteiger partial charge in [-0.05, 0) is 37.3 Å².